The third-order valence-corrected chi connectivity index (χ3v) is 10.9. The van der Waals surface area contributed by atoms with Crippen LogP contribution < -0.4 is 4.90 Å². The molecule has 11 rings (SSSR count). The van der Waals surface area contributed by atoms with Gasteiger partial charge in [-0.05, 0) is 53.2 Å². The molecule has 0 radical (unpaired) electrons. The first-order chi connectivity index (χ1) is 24.9. The Morgan fingerprint density at radius 2 is 0.840 bits per heavy atom. The number of aromatic nitrogens is 2. The van der Waals surface area contributed by atoms with Crippen LogP contribution in [0.4, 0.5) is 11.4 Å². The Morgan fingerprint density at radius 1 is 0.380 bits per heavy atom. The van der Waals surface area contributed by atoms with E-state index in [1.165, 1.54) is 81.8 Å². The zero-order valence-electron chi connectivity index (χ0n) is 27.3. The molecule has 3 nitrogen and oxygen atoms in total. The summed E-state index contributed by atoms with van der Waals surface area (Å²) in [6.45, 7) is 0. The summed E-state index contributed by atoms with van der Waals surface area (Å²) in [5.41, 5.74) is 12.6. The fourth-order valence-corrected chi connectivity index (χ4v) is 8.84. The molecule has 2 unspecified atom stereocenters. The van der Waals surface area contributed by atoms with Gasteiger partial charge in [0.25, 0.3) is 0 Å². The molecule has 2 atom stereocenters. The molecule has 3 heteroatoms. The molecule has 0 saturated carbocycles. The predicted octanol–water partition coefficient (Wildman–Crippen LogP) is 11.0. The Bertz CT molecular complexity index is 2920. The summed E-state index contributed by atoms with van der Waals surface area (Å²) in [7, 11) is 0. The van der Waals surface area contributed by atoms with Gasteiger partial charge in [-0.15, -0.1) is 0 Å². The maximum atomic E-state index is 2.51. The third-order valence-electron chi connectivity index (χ3n) is 10.9. The van der Waals surface area contributed by atoms with Gasteiger partial charge in [0, 0.05) is 56.7 Å². The lowest BCUT2D eigenvalue weighted by Gasteiger charge is -2.38. The van der Waals surface area contributed by atoms with E-state index in [2.05, 4.69) is 191 Å². The number of fused-ring (bicyclic) bond motifs is 11. The van der Waals surface area contributed by atoms with E-state index in [1.54, 1.807) is 0 Å². The Labute approximate surface area is 289 Å². The van der Waals surface area contributed by atoms with Gasteiger partial charge in [0.15, 0.2) is 6.04 Å². The molecule has 0 bridgehead atoms. The van der Waals surface area contributed by atoms with Gasteiger partial charge in [0.05, 0.1) is 27.6 Å². The van der Waals surface area contributed by atoms with Crippen molar-refractivity contribution in [1.82, 2.24) is 9.13 Å². The topological polar surface area (TPSA) is 14.3 Å². The van der Waals surface area contributed by atoms with Crippen molar-refractivity contribution in [3.63, 3.8) is 0 Å². The minimum Gasteiger partial charge on any atom is -0.307 e. The monoisotopic (exact) mass is 638 g/mol. The summed E-state index contributed by atoms with van der Waals surface area (Å²) in [4.78, 5) is 1.40. The lowest BCUT2D eigenvalue weighted by Crippen LogP contribution is -3.07. The minimum atomic E-state index is 0.277. The van der Waals surface area contributed by atoms with Gasteiger partial charge in [0.2, 0.25) is 0 Å². The van der Waals surface area contributed by atoms with Crippen LogP contribution in [0.15, 0.2) is 182 Å². The molecular weight excluding hydrogens is 607 g/mol. The summed E-state index contributed by atoms with van der Waals surface area (Å²) >= 11 is 0. The van der Waals surface area contributed by atoms with Crippen molar-refractivity contribution in [1.29, 1.82) is 0 Å². The van der Waals surface area contributed by atoms with Gasteiger partial charge >= 0.3 is 0 Å². The first-order valence-electron chi connectivity index (χ1n) is 17.4. The number of rotatable bonds is 4. The normalized spacial score (nSPS) is 15.6. The average molecular weight is 639 g/mol. The van der Waals surface area contributed by atoms with Gasteiger partial charge in [-0.25, -0.2) is 0 Å². The Hall–Kier alpha value is -6.42. The summed E-state index contributed by atoms with van der Waals surface area (Å²) < 4.78 is 4.99. The number of nitrogens with one attached hydrogen (secondary N) is 1. The highest BCUT2D eigenvalue weighted by Gasteiger charge is 2.42. The smallest absolute Gasteiger partial charge is 0.154 e. The Balaban J connectivity index is 1.22. The highest BCUT2D eigenvalue weighted by molar-refractivity contribution is 6.36. The number of hydrogen-bond donors (Lipinski definition) is 1. The van der Waals surface area contributed by atoms with Crippen molar-refractivity contribution in [2.75, 3.05) is 0 Å². The van der Waals surface area contributed by atoms with E-state index in [4.69, 9.17) is 0 Å². The molecule has 234 valence electrons. The number of quaternary nitrogens is 1. The van der Waals surface area contributed by atoms with E-state index in [1.807, 2.05) is 0 Å². The fraction of sp³-hybridized carbons (Fsp3) is 0.0213. The molecule has 0 amide bonds. The van der Waals surface area contributed by atoms with Crippen LogP contribution in [0.1, 0.15) is 17.2 Å². The Kier molecular flexibility index (Phi) is 5.80. The number of para-hydroxylation sites is 4. The van der Waals surface area contributed by atoms with E-state index in [0.717, 1.165) is 11.4 Å². The largest absolute Gasteiger partial charge is 0.307 e. The molecule has 0 fully saturated rings. The van der Waals surface area contributed by atoms with Gasteiger partial charge in [-0.2, -0.15) is 0 Å². The van der Waals surface area contributed by atoms with E-state index in [0.29, 0.717) is 0 Å². The number of benzene rings is 8. The highest BCUT2D eigenvalue weighted by Crippen LogP contribution is 2.46. The first-order valence-corrected chi connectivity index (χ1v) is 17.4. The lowest BCUT2D eigenvalue weighted by atomic mass is 9.87. The summed E-state index contributed by atoms with van der Waals surface area (Å²) in [6.07, 6.45) is 0. The second kappa shape index (κ2) is 10.5. The van der Waals surface area contributed by atoms with Crippen LogP contribution in [0.2, 0.25) is 0 Å². The van der Waals surface area contributed by atoms with Crippen molar-refractivity contribution < 1.29 is 4.90 Å². The van der Waals surface area contributed by atoms with Gasteiger partial charge in [-0.1, -0.05) is 121 Å². The van der Waals surface area contributed by atoms with Gasteiger partial charge < -0.3 is 9.13 Å². The van der Waals surface area contributed by atoms with Crippen molar-refractivity contribution >= 4 is 65.8 Å². The van der Waals surface area contributed by atoms with Crippen LogP contribution in [0.3, 0.4) is 0 Å². The van der Waals surface area contributed by atoms with E-state index in [9.17, 15) is 0 Å². The van der Waals surface area contributed by atoms with E-state index < -0.39 is 0 Å². The van der Waals surface area contributed by atoms with Crippen LogP contribution in [-0.4, -0.2) is 9.13 Å². The maximum absolute atomic E-state index is 2.51. The van der Waals surface area contributed by atoms with Crippen molar-refractivity contribution in [3.05, 3.63) is 193 Å². The molecule has 1 N–H and O–H groups in total. The van der Waals surface area contributed by atoms with Crippen LogP contribution in [-0.2, 0) is 0 Å². The second-order valence-corrected chi connectivity index (χ2v) is 13.4. The van der Waals surface area contributed by atoms with Crippen LogP contribution in [0, 0.1) is 0 Å². The maximum Gasteiger partial charge on any atom is 0.154 e. The molecule has 1 aliphatic rings. The molecule has 50 heavy (non-hydrogen) atoms. The first kappa shape index (κ1) is 27.5. The predicted molar refractivity (Wildman–Crippen MR) is 208 cm³/mol. The molecular formula is C47H32N3+. The highest BCUT2D eigenvalue weighted by atomic mass is 15.2. The number of nitrogens with zero attached hydrogens (tertiary/aromatic N) is 2. The molecule has 0 saturated heterocycles. The van der Waals surface area contributed by atoms with Crippen molar-refractivity contribution in [2.24, 2.45) is 0 Å². The molecule has 8 aromatic carbocycles. The van der Waals surface area contributed by atoms with E-state index >= 15 is 0 Å². The van der Waals surface area contributed by atoms with Crippen LogP contribution >= 0.6 is 0 Å². The number of hydrogen-bond acceptors (Lipinski definition) is 0. The molecule has 1 aliphatic heterocycles. The molecule has 2 aromatic heterocycles. The van der Waals surface area contributed by atoms with E-state index in [-0.39, 0.29) is 6.04 Å². The molecule has 10 aromatic rings. The standard InChI is InChI=1S/C47H31N3/c1-3-15-31(16-4-1)45-39-23-11-14-26-42(39)48(45)33-27-29-34(30-28-33)50-41-25-13-10-22-38(41)44-36-20-8-7-19-35(36)43-37-21-9-12-24-40(37)49(46(43)47(44)50)32-17-5-2-6-18-32/h1-30,45H/p+1. The quantitative estimate of drug-likeness (QED) is 0.197. The summed E-state index contributed by atoms with van der Waals surface area (Å²) in [5.74, 6) is 0. The second-order valence-electron chi connectivity index (χ2n) is 13.4. The van der Waals surface area contributed by atoms with Crippen molar-refractivity contribution in [2.45, 2.75) is 6.04 Å². The summed E-state index contributed by atoms with van der Waals surface area (Å²) in [5, 5.41) is 7.68. The minimum absolute atomic E-state index is 0.277. The zero-order chi connectivity index (χ0) is 32.8. The van der Waals surface area contributed by atoms with Gasteiger partial charge in [0.1, 0.15) is 11.4 Å². The third kappa shape index (κ3) is 3.72. The SMILES string of the molecule is c1ccc(C2c3ccccc3[NH+]2c2ccc(-n3c4ccccc4c4c5ccccc5c5c6ccccc6n(-c6ccccc6)c5c43)cc2)cc1. The zero-order valence-corrected chi connectivity index (χ0v) is 27.3. The lowest BCUT2D eigenvalue weighted by molar-refractivity contribution is -0.814. The van der Waals surface area contributed by atoms with Crippen LogP contribution in [0.5, 0.6) is 0 Å². The molecule has 0 aliphatic carbocycles. The van der Waals surface area contributed by atoms with Gasteiger partial charge in [-0.3, -0.25) is 4.90 Å². The average Bonchev–Trinajstić information content (AvgIpc) is 3.71. The Morgan fingerprint density at radius 3 is 1.44 bits per heavy atom. The molecule has 0 spiro atoms. The molecule has 3 heterocycles. The van der Waals surface area contributed by atoms with Crippen molar-refractivity contribution in [3.8, 4) is 11.4 Å². The van der Waals surface area contributed by atoms with Crippen LogP contribution in [0.25, 0.3) is 65.8 Å². The summed E-state index contributed by atoms with van der Waals surface area (Å²) in [6, 6.07) is 67.0. The fourth-order valence-electron chi connectivity index (χ4n) is 8.84.